The van der Waals surface area contributed by atoms with E-state index in [0.717, 1.165) is 0 Å². The van der Waals surface area contributed by atoms with Gasteiger partial charge in [-0.3, -0.25) is 14.9 Å². The molecule has 4 nitrogen and oxygen atoms in total. The molecule has 1 aromatic rings. The Morgan fingerprint density at radius 2 is 1.88 bits per heavy atom. The van der Waals surface area contributed by atoms with Gasteiger partial charge >= 0.3 is 0 Å². The number of nitrogens with one attached hydrogen (secondary N) is 1. The highest BCUT2D eigenvalue weighted by Gasteiger charge is 2.24. The molecule has 0 saturated carbocycles. The second-order valence-electron chi connectivity index (χ2n) is 3.88. The number of piperazine rings is 1. The average molecular weight is 301 g/mol. The number of aryl methyl sites for hydroxylation is 1. The molecule has 0 atom stereocenters. The number of hydrogen-bond acceptors (Lipinski definition) is 3. The van der Waals surface area contributed by atoms with E-state index in [4.69, 9.17) is 0 Å². The van der Waals surface area contributed by atoms with Crippen LogP contribution in [0.3, 0.4) is 0 Å². The number of hydrogen-bond donors (Lipinski definition) is 1. The molecule has 1 saturated heterocycles. The molecule has 0 unspecified atom stereocenters. The summed E-state index contributed by atoms with van der Waals surface area (Å²) in [5.41, 5.74) is 1.37. The van der Waals surface area contributed by atoms with Crippen molar-refractivity contribution in [1.82, 2.24) is 5.32 Å². The third-order valence-electron chi connectivity index (χ3n) is 2.53. The van der Waals surface area contributed by atoms with Gasteiger partial charge in [-0.15, -0.1) is 0 Å². The Labute approximate surface area is 106 Å². The van der Waals surface area contributed by atoms with Gasteiger partial charge in [-0.25, -0.2) is 4.39 Å². The molecule has 0 aliphatic carbocycles. The van der Waals surface area contributed by atoms with Gasteiger partial charge in [-0.2, -0.15) is 0 Å². The highest BCUT2D eigenvalue weighted by Crippen LogP contribution is 2.27. The third-order valence-corrected chi connectivity index (χ3v) is 3.14. The molecule has 0 bridgehead atoms. The summed E-state index contributed by atoms with van der Waals surface area (Å²) in [7, 11) is 0. The fourth-order valence-corrected chi connectivity index (χ4v) is 2.12. The number of anilines is 1. The van der Waals surface area contributed by atoms with E-state index >= 15 is 0 Å². The van der Waals surface area contributed by atoms with Crippen molar-refractivity contribution in [2.75, 3.05) is 18.0 Å². The summed E-state index contributed by atoms with van der Waals surface area (Å²) in [6.45, 7) is 1.94. The average Bonchev–Trinajstić information content (AvgIpc) is 2.22. The van der Waals surface area contributed by atoms with Crippen molar-refractivity contribution in [3.63, 3.8) is 0 Å². The zero-order valence-electron chi connectivity index (χ0n) is 9.09. The summed E-state index contributed by atoms with van der Waals surface area (Å²) in [4.78, 5) is 24.1. The Bertz CT molecular complexity index is 488. The Kier molecular flexibility index (Phi) is 3.15. The van der Waals surface area contributed by atoms with E-state index in [0.29, 0.717) is 15.7 Å². The molecule has 6 heteroatoms. The van der Waals surface area contributed by atoms with Crippen LogP contribution < -0.4 is 10.2 Å². The standard InChI is InChI=1S/C11H10BrFN2O2/c1-6-2-8(13)7(12)3-9(6)15-4-10(16)14-11(17)5-15/h2-3H,4-5H2,1H3,(H,14,16,17). The van der Waals surface area contributed by atoms with E-state index in [-0.39, 0.29) is 30.7 Å². The largest absolute Gasteiger partial charge is 0.353 e. The van der Waals surface area contributed by atoms with Crippen LogP contribution in [0.25, 0.3) is 0 Å². The topological polar surface area (TPSA) is 49.4 Å². The molecule has 0 radical (unpaired) electrons. The van der Waals surface area contributed by atoms with Crippen molar-refractivity contribution in [3.8, 4) is 0 Å². The molecule has 1 aliphatic heterocycles. The maximum atomic E-state index is 13.3. The summed E-state index contributed by atoms with van der Waals surface area (Å²) < 4.78 is 13.6. The van der Waals surface area contributed by atoms with Crippen LogP contribution in [0.1, 0.15) is 5.56 Å². The number of imide groups is 1. The first-order valence-corrected chi connectivity index (χ1v) is 5.80. The predicted molar refractivity (Wildman–Crippen MR) is 64.2 cm³/mol. The van der Waals surface area contributed by atoms with Gasteiger partial charge in [0.15, 0.2) is 0 Å². The fourth-order valence-electron chi connectivity index (χ4n) is 1.78. The molecule has 2 amide bonds. The number of amides is 2. The van der Waals surface area contributed by atoms with Gasteiger partial charge in [-0.05, 0) is 40.5 Å². The monoisotopic (exact) mass is 300 g/mol. The summed E-state index contributed by atoms with van der Waals surface area (Å²) >= 11 is 3.09. The fraction of sp³-hybridized carbons (Fsp3) is 0.273. The summed E-state index contributed by atoms with van der Waals surface area (Å²) in [5, 5.41) is 2.22. The van der Waals surface area contributed by atoms with Crippen LogP contribution in [0.2, 0.25) is 0 Å². The summed E-state index contributed by atoms with van der Waals surface area (Å²) in [5.74, 6) is -1.05. The molecule has 2 rings (SSSR count). The molecule has 1 heterocycles. The molecule has 17 heavy (non-hydrogen) atoms. The summed E-state index contributed by atoms with van der Waals surface area (Å²) in [6.07, 6.45) is 0. The van der Waals surface area contributed by atoms with Crippen molar-refractivity contribution in [3.05, 3.63) is 28.0 Å². The second kappa shape index (κ2) is 4.44. The van der Waals surface area contributed by atoms with E-state index in [1.54, 1.807) is 17.9 Å². The van der Waals surface area contributed by atoms with Gasteiger partial charge < -0.3 is 4.90 Å². The molecule has 1 aromatic carbocycles. The van der Waals surface area contributed by atoms with Gasteiger partial charge in [-0.1, -0.05) is 0 Å². The van der Waals surface area contributed by atoms with Crippen molar-refractivity contribution >= 4 is 33.4 Å². The maximum Gasteiger partial charge on any atom is 0.246 e. The van der Waals surface area contributed by atoms with Gasteiger partial charge in [0.2, 0.25) is 11.8 Å². The van der Waals surface area contributed by atoms with Crippen molar-refractivity contribution in [2.45, 2.75) is 6.92 Å². The van der Waals surface area contributed by atoms with Crippen LogP contribution in [-0.4, -0.2) is 24.9 Å². The van der Waals surface area contributed by atoms with Crippen molar-refractivity contribution in [1.29, 1.82) is 0 Å². The highest BCUT2D eigenvalue weighted by atomic mass is 79.9. The lowest BCUT2D eigenvalue weighted by Gasteiger charge is -2.28. The normalized spacial score (nSPS) is 16.1. The van der Waals surface area contributed by atoms with Crippen molar-refractivity contribution in [2.24, 2.45) is 0 Å². The van der Waals surface area contributed by atoms with E-state index in [9.17, 15) is 14.0 Å². The minimum atomic E-state index is -0.362. The van der Waals surface area contributed by atoms with Gasteiger partial charge in [0.25, 0.3) is 0 Å². The van der Waals surface area contributed by atoms with E-state index in [1.165, 1.54) is 6.07 Å². The molecule has 90 valence electrons. The molecule has 1 N–H and O–H groups in total. The number of nitrogens with zero attached hydrogens (tertiary/aromatic N) is 1. The number of benzene rings is 1. The molecular formula is C11H10BrFN2O2. The molecule has 0 spiro atoms. The predicted octanol–water partition coefficient (Wildman–Crippen LogP) is 1.36. The van der Waals surface area contributed by atoms with Crippen LogP contribution in [0.15, 0.2) is 16.6 Å². The third kappa shape index (κ3) is 2.46. The second-order valence-corrected chi connectivity index (χ2v) is 4.73. The van der Waals surface area contributed by atoms with Gasteiger partial charge in [0.05, 0.1) is 17.6 Å². The van der Waals surface area contributed by atoms with Crippen LogP contribution in [0.4, 0.5) is 10.1 Å². The highest BCUT2D eigenvalue weighted by molar-refractivity contribution is 9.10. The van der Waals surface area contributed by atoms with E-state index in [2.05, 4.69) is 21.2 Å². The van der Waals surface area contributed by atoms with Crippen molar-refractivity contribution < 1.29 is 14.0 Å². The first-order chi connectivity index (χ1) is 7.97. The van der Waals surface area contributed by atoms with Crippen LogP contribution in [-0.2, 0) is 9.59 Å². The quantitative estimate of drug-likeness (QED) is 0.797. The lowest BCUT2D eigenvalue weighted by atomic mass is 10.1. The minimum Gasteiger partial charge on any atom is -0.353 e. The Morgan fingerprint density at radius 1 is 1.29 bits per heavy atom. The Hall–Kier alpha value is -1.43. The first kappa shape index (κ1) is 12.0. The zero-order valence-corrected chi connectivity index (χ0v) is 10.7. The SMILES string of the molecule is Cc1cc(F)c(Br)cc1N1CC(=O)NC(=O)C1. The lowest BCUT2D eigenvalue weighted by Crippen LogP contribution is -2.51. The van der Waals surface area contributed by atoms with Crippen LogP contribution >= 0.6 is 15.9 Å². The smallest absolute Gasteiger partial charge is 0.246 e. The van der Waals surface area contributed by atoms with Gasteiger partial charge in [0, 0.05) is 5.69 Å². The first-order valence-electron chi connectivity index (χ1n) is 5.00. The molecular weight excluding hydrogens is 291 g/mol. The number of carbonyl (C=O) groups excluding carboxylic acids is 2. The molecule has 1 fully saturated rings. The van der Waals surface area contributed by atoms with Crippen LogP contribution in [0.5, 0.6) is 0 Å². The number of carbonyl (C=O) groups is 2. The minimum absolute atomic E-state index is 0.102. The van der Waals surface area contributed by atoms with Crippen LogP contribution in [0, 0.1) is 12.7 Å². The lowest BCUT2D eigenvalue weighted by molar-refractivity contribution is -0.130. The maximum absolute atomic E-state index is 13.3. The van der Waals surface area contributed by atoms with E-state index < -0.39 is 0 Å². The number of halogens is 2. The van der Waals surface area contributed by atoms with E-state index in [1.807, 2.05) is 0 Å². The van der Waals surface area contributed by atoms with Gasteiger partial charge in [0.1, 0.15) is 5.82 Å². The Balaban J connectivity index is 2.36. The Morgan fingerprint density at radius 3 is 2.47 bits per heavy atom. The molecule has 0 aromatic heterocycles. The summed E-state index contributed by atoms with van der Waals surface area (Å²) in [6, 6.07) is 2.95. The zero-order chi connectivity index (χ0) is 12.6. The molecule has 1 aliphatic rings. The number of rotatable bonds is 1.